The maximum absolute atomic E-state index is 13.6. The second kappa shape index (κ2) is 8.17. The number of carbonyl (C=O) groups is 3. The molecule has 1 aliphatic carbocycles. The van der Waals surface area contributed by atoms with E-state index in [9.17, 15) is 24.5 Å². The Balaban J connectivity index is 1.82. The van der Waals surface area contributed by atoms with Crippen LogP contribution in [-0.2, 0) is 19.1 Å². The number of benzene rings is 1. The van der Waals surface area contributed by atoms with Gasteiger partial charge in [0.05, 0.1) is 17.8 Å². The van der Waals surface area contributed by atoms with Crippen LogP contribution < -0.4 is 5.32 Å². The van der Waals surface area contributed by atoms with Crippen LogP contribution in [-0.4, -0.2) is 29.2 Å². The average Bonchev–Trinajstić information content (AvgIpc) is 3.27. The summed E-state index contributed by atoms with van der Waals surface area (Å²) in [5, 5.41) is 14.0. The summed E-state index contributed by atoms with van der Waals surface area (Å²) in [6, 6.07) is 9.21. The maximum atomic E-state index is 13.6. The fraction of sp³-hybridized carbons (Fsp3) is 0.318. The first-order valence-corrected chi connectivity index (χ1v) is 9.92. The standard InChI is InChI=1S/C22H20N2O7/c1-2-30-22(27)20-15(17-7-4-8-31-17)10-16-19(21(20)26)14(11-18(25)23-16)12-5-3-6-13(9-12)24(28)29/h3-9,14-15,20H,2,10-11H2,1H3,(H,23,25). The molecule has 0 bridgehead atoms. The molecule has 2 aromatic rings. The lowest BCUT2D eigenvalue weighted by Gasteiger charge is -2.37. The number of esters is 1. The number of nitrogens with zero attached hydrogens (tertiary/aromatic N) is 1. The lowest BCUT2D eigenvalue weighted by molar-refractivity contribution is -0.384. The van der Waals surface area contributed by atoms with Crippen LogP contribution in [0.25, 0.3) is 0 Å². The first-order chi connectivity index (χ1) is 14.9. The average molecular weight is 424 g/mol. The van der Waals surface area contributed by atoms with Crippen molar-refractivity contribution in [2.24, 2.45) is 5.92 Å². The highest BCUT2D eigenvalue weighted by molar-refractivity contribution is 6.12. The van der Waals surface area contributed by atoms with E-state index in [0.717, 1.165) is 0 Å². The second-order valence-corrected chi connectivity index (χ2v) is 7.47. The molecular formula is C22H20N2O7. The van der Waals surface area contributed by atoms with Gasteiger partial charge in [-0.2, -0.15) is 0 Å². The summed E-state index contributed by atoms with van der Waals surface area (Å²) < 4.78 is 10.6. The van der Waals surface area contributed by atoms with Crippen LogP contribution in [0.3, 0.4) is 0 Å². The number of furan rings is 1. The molecule has 9 nitrogen and oxygen atoms in total. The summed E-state index contributed by atoms with van der Waals surface area (Å²) in [6.45, 7) is 1.77. The number of Topliss-reactive ketones (excluding diaryl/α,β-unsaturated/α-hetero) is 1. The summed E-state index contributed by atoms with van der Waals surface area (Å²) >= 11 is 0. The number of amides is 1. The number of ether oxygens (including phenoxy) is 1. The number of non-ortho nitro benzene ring substituents is 1. The monoisotopic (exact) mass is 424 g/mol. The lowest BCUT2D eigenvalue weighted by Crippen LogP contribution is -2.44. The van der Waals surface area contributed by atoms with E-state index < -0.39 is 34.4 Å². The fourth-order valence-corrected chi connectivity index (χ4v) is 4.36. The van der Waals surface area contributed by atoms with E-state index in [0.29, 0.717) is 22.6 Å². The normalized spacial score (nSPS) is 23.2. The van der Waals surface area contributed by atoms with E-state index in [-0.39, 0.29) is 31.0 Å². The molecule has 1 N–H and O–H groups in total. The lowest BCUT2D eigenvalue weighted by atomic mass is 9.69. The van der Waals surface area contributed by atoms with E-state index in [1.54, 1.807) is 25.1 Å². The molecule has 0 saturated carbocycles. The number of carbonyl (C=O) groups excluding carboxylic acids is 3. The molecule has 3 unspecified atom stereocenters. The summed E-state index contributed by atoms with van der Waals surface area (Å²) in [5.74, 6) is -3.40. The largest absolute Gasteiger partial charge is 0.469 e. The van der Waals surface area contributed by atoms with Crippen LogP contribution in [0.4, 0.5) is 5.69 Å². The van der Waals surface area contributed by atoms with Crippen molar-refractivity contribution in [2.75, 3.05) is 6.61 Å². The van der Waals surface area contributed by atoms with E-state index in [2.05, 4.69) is 5.32 Å². The number of nitrogens with one attached hydrogen (secondary N) is 1. The zero-order chi connectivity index (χ0) is 22.1. The summed E-state index contributed by atoms with van der Waals surface area (Å²) in [6.07, 6.45) is 1.61. The third-order valence-electron chi connectivity index (χ3n) is 5.66. The van der Waals surface area contributed by atoms with Crippen LogP contribution in [0, 0.1) is 16.0 Å². The van der Waals surface area contributed by atoms with Gasteiger partial charge < -0.3 is 14.5 Å². The molecule has 1 aliphatic heterocycles. The smallest absolute Gasteiger partial charge is 0.317 e. The number of hydrogen-bond acceptors (Lipinski definition) is 7. The Bertz CT molecular complexity index is 1090. The van der Waals surface area contributed by atoms with Gasteiger partial charge in [-0.3, -0.25) is 24.5 Å². The molecule has 0 spiro atoms. The molecule has 1 amide bonds. The van der Waals surface area contributed by atoms with Gasteiger partial charge in [0.15, 0.2) is 5.78 Å². The highest BCUT2D eigenvalue weighted by Gasteiger charge is 2.48. The molecule has 1 aromatic heterocycles. The quantitative estimate of drug-likeness (QED) is 0.338. The predicted octanol–water partition coefficient (Wildman–Crippen LogP) is 2.98. The molecule has 9 heteroatoms. The molecular weight excluding hydrogens is 404 g/mol. The Kier molecular flexibility index (Phi) is 5.41. The van der Waals surface area contributed by atoms with Gasteiger partial charge in [-0.1, -0.05) is 12.1 Å². The molecule has 1 aromatic carbocycles. The number of nitro benzene ring substituents is 1. The van der Waals surface area contributed by atoms with Crippen molar-refractivity contribution in [1.82, 2.24) is 5.32 Å². The molecule has 0 radical (unpaired) electrons. The third kappa shape index (κ3) is 3.74. The Hall–Kier alpha value is -3.75. The Morgan fingerprint density at radius 1 is 1.26 bits per heavy atom. The van der Waals surface area contributed by atoms with Crippen LogP contribution in [0.15, 0.2) is 58.3 Å². The Labute approximate surface area is 177 Å². The summed E-state index contributed by atoms with van der Waals surface area (Å²) in [5.41, 5.74) is 1.05. The van der Waals surface area contributed by atoms with Gasteiger partial charge in [0.1, 0.15) is 11.7 Å². The van der Waals surface area contributed by atoms with Gasteiger partial charge in [-0.05, 0) is 31.0 Å². The topological polar surface area (TPSA) is 129 Å². The molecule has 4 rings (SSSR count). The van der Waals surface area contributed by atoms with E-state index >= 15 is 0 Å². The van der Waals surface area contributed by atoms with Gasteiger partial charge in [-0.25, -0.2) is 0 Å². The molecule has 160 valence electrons. The van der Waals surface area contributed by atoms with Gasteiger partial charge in [-0.15, -0.1) is 0 Å². The van der Waals surface area contributed by atoms with Gasteiger partial charge in [0, 0.05) is 41.7 Å². The molecule has 2 aliphatic rings. The number of nitro groups is 1. The van der Waals surface area contributed by atoms with Crippen molar-refractivity contribution < 1.29 is 28.5 Å². The van der Waals surface area contributed by atoms with Crippen LogP contribution in [0.2, 0.25) is 0 Å². The summed E-state index contributed by atoms with van der Waals surface area (Å²) in [4.78, 5) is 49.5. The number of ketones is 1. The van der Waals surface area contributed by atoms with Crippen LogP contribution in [0.1, 0.15) is 42.9 Å². The first kappa shape index (κ1) is 20.5. The Morgan fingerprint density at radius 3 is 2.74 bits per heavy atom. The van der Waals surface area contributed by atoms with Gasteiger partial charge in [0.25, 0.3) is 5.69 Å². The highest BCUT2D eigenvalue weighted by atomic mass is 16.6. The van der Waals surface area contributed by atoms with Crippen molar-refractivity contribution in [2.45, 2.75) is 31.6 Å². The predicted molar refractivity (Wildman–Crippen MR) is 107 cm³/mol. The van der Waals surface area contributed by atoms with Crippen molar-refractivity contribution in [1.29, 1.82) is 0 Å². The SMILES string of the molecule is CCOC(=O)C1C(=O)C2=C(CC1c1ccco1)NC(=O)CC2c1cccc([N+](=O)[O-])c1. The molecule has 2 heterocycles. The third-order valence-corrected chi connectivity index (χ3v) is 5.66. The minimum absolute atomic E-state index is 0.0489. The number of rotatable bonds is 5. The van der Waals surface area contributed by atoms with E-state index in [1.165, 1.54) is 24.5 Å². The van der Waals surface area contributed by atoms with Crippen LogP contribution >= 0.6 is 0 Å². The van der Waals surface area contributed by atoms with Crippen molar-refractivity contribution in [3.8, 4) is 0 Å². The van der Waals surface area contributed by atoms with E-state index in [4.69, 9.17) is 9.15 Å². The zero-order valence-electron chi connectivity index (χ0n) is 16.7. The zero-order valence-corrected chi connectivity index (χ0v) is 16.7. The maximum Gasteiger partial charge on any atom is 0.317 e. The highest BCUT2D eigenvalue weighted by Crippen LogP contribution is 2.46. The second-order valence-electron chi connectivity index (χ2n) is 7.47. The molecule has 3 atom stereocenters. The van der Waals surface area contributed by atoms with Crippen molar-refractivity contribution >= 4 is 23.3 Å². The van der Waals surface area contributed by atoms with Gasteiger partial charge in [0.2, 0.25) is 5.91 Å². The van der Waals surface area contributed by atoms with Crippen molar-refractivity contribution in [3.63, 3.8) is 0 Å². The molecule has 0 saturated heterocycles. The molecule has 0 fully saturated rings. The molecule has 31 heavy (non-hydrogen) atoms. The first-order valence-electron chi connectivity index (χ1n) is 9.92. The van der Waals surface area contributed by atoms with Crippen LogP contribution in [0.5, 0.6) is 0 Å². The summed E-state index contributed by atoms with van der Waals surface area (Å²) in [7, 11) is 0. The fourth-order valence-electron chi connectivity index (χ4n) is 4.36. The van der Waals surface area contributed by atoms with E-state index in [1.807, 2.05) is 0 Å². The van der Waals surface area contributed by atoms with Gasteiger partial charge >= 0.3 is 5.97 Å². The Morgan fingerprint density at radius 2 is 2.06 bits per heavy atom. The minimum atomic E-state index is -1.12. The number of hydrogen-bond donors (Lipinski definition) is 1. The number of allylic oxidation sites excluding steroid dienone is 2. The minimum Gasteiger partial charge on any atom is -0.469 e. The van der Waals surface area contributed by atoms with Crippen molar-refractivity contribution in [3.05, 3.63) is 75.4 Å².